The Morgan fingerprint density at radius 2 is 1.80 bits per heavy atom. The van der Waals surface area contributed by atoms with Gasteiger partial charge in [0.2, 0.25) is 0 Å². The molecule has 5 atom stereocenters. The Morgan fingerprint density at radius 1 is 1.16 bits per heavy atom. The van der Waals surface area contributed by atoms with Crippen molar-refractivity contribution in [3.8, 4) is 0 Å². The Morgan fingerprint density at radius 3 is 2.40 bits per heavy atom. The van der Waals surface area contributed by atoms with Crippen LogP contribution in [0.5, 0.6) is 0 Å². The number of ketones is 1. The molecule has 3 heterocycles. The van der Waals surface area contributed by atoms with Gasteiger partial charge in [0, 0.05) is 6.61 Å². The Bertz CT molecular complexity index is 554. The molecule has 0 aliphatic carbocycles. The highest BCUT2D eigenvalue weighted by atomic mass is 28.4. The van der Waals surface area contributed by atoms with Crippen LogP contribution in [0, 0.1) is 5.41 Å². The molecule has 25 heavy (non-hydrogen) atoms. The van der Waals surface area contributed by atoms with E-state index < -0.39 is 38.0 Å². The number of carbonyl (C=O) groups is 1. The lowest BCUT2D eigenvalue weighted by Crippen LogP contribution is -2.57. The van der Waals surface area contributed by atoms with E-state index in [1.807, 2.05) is 20.8 Å². The van der Waals surface area contributed by atoms with Gasteiger partial charge in [0.05, 0.1) is 12.0 Å². The van der Waals surface area contributed by atoms with Gasteiger partial charge >= 0.3 is 0 Å². The lowest BCUT2D eigenvalue weighted by atomic mass is 9.80. The van der Waals surface area contributed by atoms with Crippen molar-refractivity contribution >= 4 is 14.1 Å². The Balaban J connectivity index is 1.68. The van der Waals surface area contributed by atoms with Gasteiger partial charge in [0.1, 0.15) is 18.3 Å². The number of Topliss-reactive ketones (excluding diaryl/α,β-unsaturated/α-hetero) is 1. The molecule has 0 saturated carbocycles. The molecular formula is C18H32O6Si. The summed E-state index contributed by atoms with van der Waals surface area (Å²) >= 11 is 0. The van der Waals surface area contributed by atoms with Gasteiger partial charge in [-0.25, -0.2) is 0 Å². The number of rotatable bonds is 3. The van der Waals surface area contributed by atoms with Crippen molar-refractivity contribution in [1.29, 1.82) is 0 Å². The van der Waals surface area contributed by atoms with Crippen LogP contribution in [0.4, 0.5) is 0 Å². The predicted molar refractivity (Wildman–Crippen MR) is 94.7 cm³/mol. The molecule has 0 radical (unpaired) electrons. The molecular weight excluding hydrogens is 340 g/mol. The third-order valence-corrected chi connectivity index (χ3v) is 10.5. The van der Waals surface area contributed by atoms with Crippen LogP contribution in [-0.4, -0.2) is 57.7 Å². The summed E-state index contributed by atoms with van der Waals surface area (Å²) in [6, 6.07) is 0. The van der Waals surface area contributed by atoms with Crippen LogP contribution in [0.25, 0.3) is 0 Å². The number of fused-ring (bicyclic) bond motifs is 3. The van der Waals surface area contributed by atoms with Gasteiger partial charge in [-0.2, -0.15) is 0 Å². The van der Waals surface area contributed by atoms with Crippen molar-refractivity contribution < 1.29 is 28.2 Å². The maximum absolute atomic E-state index is 13.1. The van der Waals surface area contributed by atoms with Crippen molar-refractivity contribution in [2.24, 2.45) is 5.41 Å². The molecule has 0 bridgehead atoms. The predicted octanol–water partition coefficient (Wildman–Crippen LogP) is 2.86. The van der Waals surface area contributed by atoms with Gasteiger partial charge in [0.25, 0.3) is 0 Å². The van der Waals surface area contributed by atoms with Gasteiger partial charge in [-0.15, -0.1) is 0 Å². The van der Waals surface area contributed by atoms with Gasteiger partial charge < -0.3 is 23.4 Å². The third-order valence-electron chi connectivity index (χ3n) is 6.00. The molecule has 0 amide bonds. The molecule has 0 spiro atoms. The maximum Gasteiger partial charge on any atom is 0.192 e. The van der Waals surface area contributed by atoms with E-state index in [1.54, 1.807) is 0 Å². The first-order chi connectivity index (χ1) is 11.3. The zero-order valence-electron chi connectivity index (χ0n) is 16.7. The molecule has 6 nitrogen and oxygen atoms in total. The first-order valence-corrected chi connectivity index (χ1v) is 12.0. The molecule has 3 aliphatic rings. The SMILES string of the molecule is CC1(C)O[C@H]2O[C@@H]3C(=O)[C@@](C)(CO[Si](C)(C)C(C)(C)C)CO[C@@H]3[C@H]2O1. The molecule has 7 heteroatoms. The van der Waals surface area contributed by atoms with Crippen LogP contribution in [-0.2, 0) is 28.2 Å². The quantitative estimate of drug-likeness (QED) is 0.710. The van der Waals surface area contributed by atoms with E-state index in [0.29, 0.717) is 13.2 Å². The van der Waals surface area contributed by atoms with Crippen molar-refractivity contribution in [1.82, 2.24) is 0 Å². The zero-order chi connectivity index (χ0) is 18.8. The maximum atomic E-state index is 13.1. The number of hydrogen-bond donors (Lipinski definition) is 0. The largest absolute Gasteiger partial charge is 0.416 e. The molecule has 3 saturated heterocycles. The molecule has 3 rings (SSSR count). The monoisotopic (exact) mass is 372 g/mol. The minimum Gasteiger partial charge on any atom is -0.416 e. The molecule has 3 fully saturated rings. The number of carbonyl (C=O) groups excluding carboxylic acids is 1. The van der Waals surface area contributed by atoms with Crippen LogP contribution in [0.1, 0.15) is 41.5 Å². The van der Waals surface area contributed by atoms with Gasteiger partial charge in [-0.1, -0.05) is 20.8 Å². The zero-order valence-corrected chi connectivity index (χ0v) is 17.7. The highest BCUT2D eigenvalue weighted by Gasteiger charge is 2.62. The Hall–Kier alpha value is -0.313. The summed E-state index contributed by atoms with van der Waals surface area (Å²) in [5.41, 5.74) is -0.704. The van der Waals surface area contributed by atoms with E-state index in [1.165, 1.54) is 0 Å². The smallest absolute Gasteiger partial charge is 0.192 e. The van der Waals surface area contributed by atoms with Crippen molar-refractivity contribution in [2.75, 3.05) is 13.2 Å². The molecule has 0 aromatic carbocycles. The summed E-state index contributed by atoms with van der Waals surface area (Å²) in [6.45, 7) is 17.2. The molecule has 144 valence electrons. The van der Waals surface area contributed by atoms with Crippen LogP contribution in [0.15, 0.2) is 0 Å². The molecule has 0 N–H and O–H groups in total. The minimum atomic E-state index is -1.94. The summed E-state index contributed by atoms with van der Waals surface area (Å²) in [6.07, 6.45) is -1.94. The van der Waals surface area contributed by atoms with E-state index in [2.05, 4.69) is 33.9 Å². The summed E-state index contributed by atoms with van der Waals surface area (Å²) < 4.78 is 29.8. The van der Waals surface area contributed by atoms with E-state index in [0.717, 1.165) is 0 Å². The fourth-order valence-corrected chi connectivity index (χ4v) is 4.35. The van der Waals surface area contributed by atoms with Gasteiger partial charge in [-0.3, -0.25) is 4.79 Å². The standard InChI is InChI=1S/C18H32O6Si/c1-16(2,3)25(7,8)21-10-18(6)9-20-11-12(14(18)19)22-15-13(11)23-17(4,5)24-15/h11-13,15H,9-10H2,1-8H3/t11-,12-,13+,15+,18+/m0/s1. The second-order valence-corrected chi connectivity index (χ2v) is 14.6. The fourth-order valence-electron chi connectivity index (χ4n) is 3.24. The number of hydrogen-bond acceptors (Lipinski definition) is 6. The van der Waals surface area contributed by atoms with Crippen LogP contribution in [0.3, 0.4) is 0 Å². The number of ether oxygens (including phenoxy) is 4. The second-order valence-electron chi connectivity index (χ2n) is 9.77. The average molecular weight is 373 g/mol. The normalized spacial score (nSPS) is 40.9. The van der Waals surface area contributed by atoms with Crippen molar-refractivity contribution in [3.05, 3.63) is 0 Å². The summed E-state index contributed by atoms with van der Waals surface area (Å²) in [4.78, 5) is 13.1. The lowest BCUT2D eigenvalue weighted by Gasteiger charge is -2.42. The molecule has 0 aromatic heterocycles. The lowest BCUT2D eigenvalue weighted by molar-refractivity contribution is -0.230. The van der Waals surface area contributed by atoms with Crippen molar-refractivity contribution in [3.63, 3.8) is 0 Å². The van der Waals surface area contributed by atoms with Crippen LogP contribution in [0.2, 0.25) is 18.1 Å². The highest BCUT2D eigenvalue weighted by molar-refractivity contribution is 6.74. The summed E-state index contributed by atoms with van der Waals surface area (Å²) in [7, 11) is -1.94. The van der Waals surface area contributed by atoms with E-state index in [4.69, 9.17) is 23.4 Å². The second kappa shape index (κ2) is 5.84. The van der Waals surface area contributed by atoms with E-state index in [-0.39, 0.29) is 16.9 Å². The Labute approximate surface area is 151 Å². The fraction of sp³-hybridized carbons (Fsp3) is 0.944. The van der Waals surface area contributed by atoms with Crippen LogP contribution >= 0.6 is 0 Å². The highest BCUT2D eigenvalue weighted by Crippen LogP contribution is 2.44. The molecule has 0 unspecified atom stereocenters. The average Bonchev–Trinajstić information content (AvgIpc) is 2.92. The first kappa shape index (κ1) is 19.4. The Kier molecular flexibility index (Phi) is 4.54. The van der Waals surface area contributed by atoms with Gasteiger partial charge in [0.15, 0.2) is 26.2 Å². The summed E-state index contributed by atoms with van der Waals surface area (Å²) in [5.74, 6) is -0.680. The molecule has 0 aromatic rings. The first-order valence-electron chi connectivity index (χ1n) is 9.07. The van der Waals surface area contributed by atoms with E-state index >= 15 is 0 Å². The van der Waals surface area contributed by atoms with Gasteiger partial charge in [-0.05, 0) is 38.9 Å². The van der Waals surface area contributed by atoms with Crippen LogP contribution < -0.4 is 0 Å². The third kappa shape index (κ3) is 3.35. The molecule has 3 aliphatic heterocycles. The van der Waals surface area contributed by atoms with E-state index in [9.17, 15) is 4.79 Å². The minimum absolute atomic E-state index is 0.0295. The summed E-state index contributed by atoms with van der Waals surface area (Å²) in [5, 5.41) is 0.0958. The van der Waals surface area contributed by atoms with Crippen molar-refractivity contribution in [2.45, 2.75) is 90.1 Å². The topological polar surface area (TPSA) is 63.2 Å².